The van der Waals surface area contributed by atoms with Crippen molar-refractivity contribution in [1.82, 2.24) is 4.90 Å². The van der Waals surface area contributed by atoms with E-state index in [4.69, 9.17) is 0 Å². The summed E-state index contributed by atoms with van der Waals surface area (Å²) in [6.45, 7) is 7.26. The second-order valence-corrected chi connectivity index (χ2v) is 5.69. The fourth-order valence-corrected chi connectivity index (χ4v) is 2.76. The van der Waals surface area contributed by atoms with E-state index in [1.807, 2.05) is 23.1 Å². The number of carbonyl (C=O) groups excluding carboxylic acids is 2. The molecule has 0 N–H and O–H groups in total. The molecule has 0 atom stereocenters. The van der Waals surface area contributed by atoms with E-state index in [9.17, 15) is 9.59 Å². The normalized spacial score (nSPS) is 13.7. The fourth-order valence-electron chi connectivity index (χ4n) is 2.76. The van der Waals surface area contributed by atoms with Crippen LogP contribution in [-0.4, -0.2) is 36.9 Å². The van der Waals surface area contributed by atoms with E-state index < -0.39 is 0 Å². The van der Waals surface area contributed by atoms with Crippen molar-refractivity contribution < 1.29 is 9.59 Å². The first kappa shape index (κ1) is 16.3. The summed E-state index contributed by atoms with van der Waals surface area (Å²) in [6, 6.07) is 5.61. The molecule has 2 amide bonds. The highest BCUT2D eigenvalue weighted by Crippen LogP contribution is 2.24. The minimum absolute atomic E-state index is 0.113. The standard InChI is InChI=1S/C18H24N2O2/c1-4-6-7-11-20-12-10-14-13-15(19(3)17(21)5-2)8-9-16(14)18(20)22/h5,8-9,13H,2,4,6-7,10-12H2,1,3H3. The Labute approximate surface area is 132 Å². The van der Waals surface area contributed by atoms with E-state index in [1.165, 1.54) is 6.08 Å². The Hall–Kier alpha value is -2.10. The lowest BCUT2D eigenvalue weighted by Gasteiger charge is -2.29. The second kappa shape index (κ2) is 7.25. The maximum atomic E-state index is 12.5. The van der Waals surface area contributed by atoms with Crippen molar-refractivity contribution in [3.63, 3.8) is 0 Å². The molecule has 0 aromatic heterocycles. The summed E-state index contributed by atoms with van der Waals surface area (Å²) < 4.78 is 0. The Kier molecular flexibility index (Phi) is 5.36. The summed E-state index contributed by atoms with van der Waals surface area (Å²) in [5.74, 6) is -0.0371. The van der Waals surface area contributed by atoms with Crippen LogP contribution in [-0.2, 0) is 11.2 Å². The van der Waals surface area contributed by atoms with Crippen molar-refractivity contribution in [2.24, 2.45) is 0 Å². The van der Waals surface area contributed by atoms with Gasteiger partial charge in [0.2, 0.25) is 5.91 Å². The molecule has 0 fully saturated rings. The maximum Gasteiger partial charge on any atom is 0.254 e. The second-order valence-electron chi connectivity index (χ2n) is 5.69. The summed E-state index contributed by atoms with van der Waals surface area (Å²) in [5, 5.41) is 0. The molecule has 1 heterocycles. The van der Waals surface area contributed by atoms with Crippen molar-refractivity contribution in [3.05, 3.63) is 42.0 Å². The molecule has 0 aliphatic carbocycles. The van der Waals surface area contributed by atoms with Gasteiger partial charge < -0.3 is 9.80 Å². The van der Waals surface area contributed by atoms with Gasteiger partial charge in [-0.05, 0) is 42.7 Å². The van der Waals surface area contributed by atoms with Gasteiger partial charge in [-0.3, -0.25) is 9.59 Å². The molecule has 0 bridgehead atoms. The number of amides is 2. The average molecular weight is 300 g/mol. The zero-order valence-corrected chi connectivity index (χ0v) is 13.5. The maximum absolute atomic E-state index is 12.5. The Balaban J connectivity index is 2.15. The predicted octanol–water partition coefficient (Wildman–Crippen LogP) is 3.02. The van der Waals surface area contributed by atoms with Gasteiger partial charge in [-0.25, -0.2) is 0 Å². The molecule has 0 saturated carbocycles. The third-order valence-corrected chi connectivity index (χ3v) is 4.18. The number of benzene rings is 1. The summed E-state index contributed by atoms with van der Waals surface area (Å²) in [7, 11) is 1.72. The molecule has 0 unspecified atom stereocenters. The molecule has 1 aliphatic heterocycles. The monoisotopic (exact) mass is 300 g/mol. The molecule has 1 aromatic carbocycles. The predicted molar refractivity (Wildman–Crippen MR) is 89.2 cm³/mol. The number of hydrogen-bond acceptors (Lipinski definition) is 2. The average Bonchev–Trinajstić information content (AvgIpc) is 2.55. The zero-order valence-electron chi connectivity index (χ0n) is 13.5. The van der Waals surface area contributed by atoms with Crippen LogP contribution in [0.5, 0.6) is 0 Å². The first-order chi connectivity index (χ1) is 10.6. The molecular weight excluding hydrogens is 276 g/mol. The smallest absolute Gasteiger partial charge is 0.254 e. The van der Waals surface area contributed by atoms with Gasteiger partial charge in [-0.2, -0.15) is 0 Å². The van der Waals surface area contributed by atoms with E-state index in [2.05, 4.69) is 13.5 Å². The van der Waals surface area contributed by atoms with Crippen LogP contribution in [0, 0.1) is 0 Å². The summed E-state index contributed by atoms with van der Waals surface area (Å²) in [5.41, 5.74) is 2.60. The molecule has 118 valence electrons. The van der Waals surface area contributed by atoms with Crippen molar-refractivity contribution in [1.29, 1.82) is 0 Å². The minimum Gasteiger partial charge on any atom is -0.338 e. The number of nitrogens with zero attached hydrogens (tertiary/aromatic N) is 2. The van der Waals surface area contributed by atoms with Gasteiger partial charge in [-0.15, -0.1) is 0 Å². The van der Waals surface area contributed by atoms with Gasteiger partial charge in [0.15, 0.2) is 0 Å². The SMILES string of the molecule is C=CC(=O)N(C)c1ccc2c(c1)CCN(CCCCC)C2=O. The Bertz CT molecular complexity index is 580. The molecule has 1 aliphatic rings. The number of carbonyl (C=O) groups is 2. The molecule has 2 rings (SSSR count). The van der Waals surface area contributed by atoms with Crippen molar-refractivity contribution in [2.45, 2.75) is 32.6 Å². The fraction of sp³-hybridized carbons (Fsp3) is 0.444. The quantitative estimate of drug-likeness (QED) is 0.598. The number of fused-ring (bicyclic) bond motifs is 1. The minimum atomic E-state index is -0.150. The van der Waals surface area contributed by atoms with Gasteiger partial charge in [0.05, 0.1) is 0 Å². The first-order valence-electron chi connectivity index (χ1n) is 7.90. The number of likely N-dealkylation sites (N-methyl/N-ethyl adjacent to an activating group) is 1. The molecule has 0 radical (unpaired) electrons. The molecule has 4 nitrogen and oxygen atoms in total. The van der Waals surface area contributed by atoms with Crippen LogP contribution >= 0.6 is 0 Å². The van der Waals surface area contributed by atoms with Gasteiger partial charge in [0.25, 0.3) is 5.91 Å². The highest BCUT2D eigenvalue weighted by Gasteiger charge is 2.24. The molecule has 0 spiro atoms. The Morgan fingerprint density at radius 2 is 2.18 bits per heavy atom. The third-order valence-electron chi connectivity index (χ3n) is 4.18. The van der Waals surface area contributed by atoms with E-state index >= 15 is 0 Å². The molecular formula is C18H24N2O2. The Morgan fingerprint density at radius 3 is 2.86 bits per heavy atom. The zero-order chi connectivity index (χ0) is 16.1. The van der Waals surface area contributed by atoms with Gasteiger partial charge in [0.1, 0.15) is 0 Å². The summed E-state index contributed by atoms with van der Waals surface area (Å²) in [6.07, 6.45) is 5.51. The van der Waals surface area contributed by atoms with E-state index in [-0.39, 0.29) is 11.8 Å². The lowest BCUT2D eigenvalue weighted by atomic mass is 9.97. The van der Waals surface area contributed by atoms with Crippen LogP contribution in [0.3, 0.4) is 0 Å². The third kappa shape index (κ3) is 3.38. The largest absolute Gasteiger partial charge is 0.338 e. The number of anilines is 1. The molecule has 4 heteroatoms. The van der Waals surface area contributed by atoms with E-state index in [0.717, 1.165) is 55.6 Å². The lowest BCUT2D eigenvalue weighted by molar-refractivity contribution is -0.113. The van der Waals surface area contributed by atoms with Crippen molar-refractivity contribution in [3.8, 4) is 0 Å². The van der Waals surface area contributed by atoms with Gasteiger partial charge in [-0.1, -0.05) is 26.3 Å². The van der Waals surface area contributed by atoms with Gasteiger partial charge in [0, 0.05) is 31.4 Å². The molecule has 22 heavy (non-hydrogen) atoms. The van der Waals surface area contributed by atoms with Crippen LogP contribution in [0.15, 0.2) is 30.9 Å². The van der Waals surface area contributed by atoms with E-state index in [0.29, 0.717) is 0 Å². The highest BCUT2D eigenvalue weighted by atomic mass is 16.2. The number of rotatable bonds is 6. The Morgan fingerprint density at radius 1 is 1.41 bits per heavy atom. The van der Waals surface area contributed by atoms with Crippen LogP contribution in [0.4, 0.5) is 5.69 Å². The molecule has 0 saturated heterocycles. The van der Waals surface area contributed by atoms with Crippen LogP contribution in [0.1, 0.15) is 42.1 Å². The van der Waals surface area contributed by atoms with E-state index in [1.54, 1.807) is 11.9 Å². The number of hydrogen-bond donors (Lipinski definition) is 0. The van der Waals surface area contributed by atoms with Crippen LogP contribution < -0.4 is 4.90 Å². The number of unbranched alkanes of at least 4 members (excludes halogenated alkanes) is 2. The summed E-state index contributed by atoms with van der Waals surface area (Å²) in [4.78, 5) is 27.7. The first-order valence-corrected chi connectivity index (χ1v) is 7.90. The lowest BCUT2D eigenvalue weighted by Crippen LogP contribution is -2.38. The van der Waals surface area contributed by atoms with Gasteiger partial charge >= 0.3 is 0 Å². The molecule has 1 aromatic rings. The van der Waals surface area contributed by atoms with Crippen molar-refractivity contribution >= 4 is 17.5 Å². The topological polar surface area (TPSA) is 40.6 Å². The van der Waals surface area contributed by atoms with Crippen LogP contribution in [0.25, 0.3) is 0 Å². The van der Waals surface area contributed by atoms with Crippen LogP contribution in [0.2, 0.25) is 0 Å². The highest BCUT2D eigenvalue weighted by molar-refractivity contribution is 6.02. The summed E-state index contributed by atoms with van der Waals surface area (Å²) >= 11 is 0. The van der Waals surface area contributed by atoms with Crippen molar-refractivity contribution in [2.75, 3.05) is 25.0 Å².